The van der Waals surface area contributed by atoms with Crippen molar-refractivity contribution >= 4 is 5.91 Å². The van der Waals surface area contributed by atoms with Crippen LogP contribution in [0.5, 0.6) is 0 Å². The number of hydrogen-bond donors (Lipinski definition) is 2. The summed E-state index contributed by atoms with van der Waals surface area (Å²) in [5.74, 6) is 0.0113. The lowest BCUT2D eigenvalue weighted by atomic mass is 9.95. The molecule has 0 saturated carbocycles. The maximum Gasteiger partial charge on any atom is 0.220 e. The molecular formula is C26H51N2O4. The first-order valence-corrected chi connectivity index (χ1v) is 13.1. The van der Waals surface area contributed by atoms with E-state index in [-0.39, 0.29) is 12.5 Å². The van der Waals surface area contributed by atoms with E-state index in [1.54, 1.807) is 0 Å². The molecular weight excluding hydrogens is 404 g/mol. The molecule has 0 aromatic heterocycles. The van der Waals surface area contributed by atoms with Crippen molar-refractivity contribution in [3.05, 3.63) is 0 Å². The minimum absolute atomic E-state index is 0.0113. The Balaban J connectivity index is 2.26. The van der Waals surface area contributed by atoms with Gasteiger partial charge >= 0.3 is 0 Å². The Labute approximate surface area is 197 Å². The van der Waals surface area contributed by atoms with E-state index in [1.165, 1.54) is 37.2 Å². The molecule has 1 rings (SSSR count). The molecule has 189 valence electrons. The number of nitrogens with zero attached hydrogens (tertiary/aromatic N) is 1. The van der Waals surface area contributed by atoms with Gasteiger partial charge in [0.1, 0.15) is 5.72 Å². The van der Waals surface area contributed by atoms with E-state index in [2.05, 4.69) is 12.2 Å². The number of hydrogen-bond acceptors (Lipinski definition) is 4. The summed E-state index contributed by atoms with van der Waals surface area (Å²) >= 11 is 0. The summed E-state index contributed by atoms with van der Waals surface area (Å²) in [5, 5.41) is 26.4. The zero-order valence-corrected chi connectivity index (χ0v) is 21.6. The van der Waals surface area contributed by atoms with Crippen LogP contribution in [0.25, 0.3) is 0 Å². The van der Waals surface area contributed by atoms with Gasteiger partial charge in [0.05, 0.1) is 24.3 Å². The highest BCUT2D eigenvalue weighted by molar-refractivity contribution is 5.76. The first-order chi connectivity index (χ1) is 15.1. The Kier molecular flexibility index (Phi) is 13.3. The number of nitrogens with one attached hydrogen (secondary N) is 1. The molecule has 1 aliphatic heterocycles. The number of carbonyl (C=O) groups is 1. The zero-order chi connectivity index (χ0) is 24.1. The van der Waals surface area contributed by atoms with Gasteiger partial charge in [-0.3, -0.25) is 4.79 Å². The van der Waals surface area contributed by atoms with Crippen LogP contribution in [0.3, 0.4) is 0 Å². The van der Waals surface area contributed by atoms with E-state index in [4.69, 9.17) is 4.74 Å². The molecule has 1 radical (unpaired) electrons. The number of aliphatic hydroxyl groups is 1. The molecule has 6 nitrogen and oxygen atoms in total. The van der Waals surface area contributed by atoms with E-state index >= 15 is 0 Å². The molecule has 32 heavy (non-hydrogen) atoms. The number of carbonyl (C=O) groups excluding carboxylic acids is 1. The van der Waals surface area contributed by atoms with Crippen molar-refractivity contribution in [3.63, 3.8) is 0 Å². The topological polar surface area (TPSA) is 81.7 Å². The third kappa shape index (κ3) is 10.5. The molecule has 0 spiro atoms. The number of hydroxylamine groups is 2. The first-order valence-electron chi connectivity index (χ1n) is 13.1. The summed E-state index contributed by atoms with van der Waals surface area (Å²) in [6, 6.07) is 0. The quantitative estimate of drug-likeness (QED) is 0.252. The fraction of sp³-hybridized carbons (Fsp3) is 0.962. The Morgan fingerprint density at radius 3 is 1.91 bits per heavy atom. The fourth-order valence-electron chi connectivity index (χ4n) is 4.51. The Morgan fingerprint density at radius 1 is 0.938 bits per heavy atom. The summed E-state index contributed by atoms with van der Waals surface area (Å²) < 4.78 is 6.17. The van der Waals surface area contributed by atoms with Crippen LogP contribution in [0.2, 0.25) is 0 Å². The second-order valence-electron chi connectivity index (χ2n) is 11.1. The van der Waals surface area contributed by atoms with Gasteiger partial charge in [-0.1, -0.05) is 64.7 Å². The molecule has 1 atom stereocenters. The molecule has 1 fully saturated rings. The van der Waals surface area contributed by atoms with Gasteiger partial charge in [-0.25, -0.2) is 0 Å². The molecule has 0 aromatic carbocycles. The molecule has 0 aromatic rings. The molecule has 2 N–H and O–H groups in total. The Hall–Kier alpha value is -0.690. The molecule has 1 heterocycles. The predicted octanol–water partition coefficient (Wildman–Crippen LogP) is 5.90. The van der Waals surface area contributed by atoms with Gasteiger partial charge in [-0.2, -0.15) is 0 Å². The lowest BCUT2D eigenvalue weighted by Crippen LogP contribution is -2.49. The molecule has 1 aliphatic rings. The second-order valence-corrected chi connectivity index (χ2v) is 11.1. The van der Waals surface area contributed by atoms with Crippen molar-refractivity contribution in [3.8, 4) is 0 Å². The predicted molar refractivity (Wildman–Crippen MR) is 130 cm³/mol. The monoisotopic (exact) mass is 455 g/mol. The van der Waals surface area contributed by atoms with Crippen molar-refractivity contribution in [1.29, 1.82) is 0 Å². The molecule has 1 saturated heterocycles. The summed E-state index contributed by atoms with van der Waals surface area (Å²) in [7, 11) is 0. The van der Waals surface area contributed by atoms with E-state index in [0.717, 1.165) is 57.8 Å². The van der Waals surface area contributed by atoms with Gasteiger partial charge in [0.15, 0.2) is 0 Å². The third-order valence-electron chi connectivity index (χ3n) is 6.63. The summed E-state index contributed by atoms with van der Waals surface area (Å²) in [4.78, 5) is 11.9. The van der Waals surface area contributed by atoms with E-state index in [1.807, 2.05) is 27.7 Å². The van der Waals surface area contributed by atoms with Gasteiger partial charge in [0.25, 0.3) is 0 Å². The SMILES string of the molecule is CCCCCCCCC1(CCCCCCCCC(=O)NC(C)(C)CO)OCC(C)(C)N1[O]. The standard InChI is InChI=1S/C26H51N2O4/c1-6-7-8-9-13-16-19-26(28(31)25(4,5)22-32-26)20-17-14-11-10-12-15-18-23(30)27-24(2,3)21-29/h29H,6-22H2,1-5H3,(H,27,30). The maximum absolute atomic E-state index is 13.0. The Bertz CT molecular complexity index is 524. The second kappa shape index (κ2) is 14.5. The number of ether oxygens (including phenoxy) is 1. The highest BCUT2D eigenvalue weighted by atomic mass is 16.6. The van der Waals surface area contributed by atoms with Crippen LogP contribution in [-0.4, -0.2) is 46.1 Å². The van der Waals surface area contributed by atoms with Crippen LogP contribution in [0.1, 0.15) is 131 Å². The number of rotatable bonds is 18. The Morgan fingerprint density at radius 2 is 1.44 bits per heavy atom. The normalized spacial score (nSPS) is 21.2. The lowest BCUT2D eigenvalue weighted by Gasteiger charge is -2.35. The highest BCUT2D eigenvalue weighted by Crippen LogP contribution is 2.40. The molecule has 0 aliphatic carbocycles. The van der Waals surface area contributed by atoms with E-state index in [9.17, 15) is 15.1 Å². The van der Waals surface area contributed by atoms with Crippen molar-refractivity contribution in [2.45, 2.75) is 148 Å². The zero-order valence-electron chi connectivity index (χ0n) is 21.6. The number of amides is 1. The summed E-state index contributed by atoms with van der Waals surface area (Å²) in [6.45, 7) is 10.3. The van der Waals surface area contributed by atoms with Crippen molar-refractivity contribution in [2.75, 3.05) is 13.2 Å². The molecule has 1 amide bonds. The van der Waals surface area contributed by atoms with Crippen molar-refractivity contribution in [2.24, 2.45) is 0 Å². The van der Waals surface area contributed by atoms with E-state index in [0.29, 0.717) is 13.0 Å². The number of aliphatic hydroxyl groups excluding tert-OH is 1. The third-order valence-corrected chi connectivity index (χ3v) is 6.63. The summed E-state index contributed by atoms with van der Waals surface area (Å²) in [6.07, 6.45) is 15.8. The van der Waals surface area contributed by atoms with Gasteiger partial charge in [0, 0.05) is 6.42 Å². The minimum Gasteiger partial charge on any atom is -0.394 e. The van der Waals surface area contributed by atoms with Crippen LogP contribution in [0, 0.1) is 0 Å². The van der Waals surface area contributed by atoms with Gasteiger partial charge in [-0.15, -0.1) is 10.3 Å². The first kappa shape index (κ1) is 29.3. The lowest BCUT2D eigenvalue weighted by molar-refractivity contribution is -0.296. The smallest absolute Gasteiger partial charge is 0.220 e. The minimum atomic E-state index is -0.633. The van der Waals surface area contributed by atoms with Crippen LogP contribution >= 0.6 is 0 Å². The fourth-order valence-corrected chi connectivity index (χ4v) is 4.51. The molecule has 1 unspecified atom stereocenters. The van der Waals surface area contributed by atoms with Crippen LogP contribution in [0.4, 0.5) is 0 Å². The van der Waals surface area contributed by atoms with Gasteiger partial charge < -0.3 is 15.2 Å². The van der Waals surface area contributed by atoms with E-state index < -0.39 is 16.8 Å². The largest absolute Gasteiger partial charge is 0.394 e. The van der Waals surface area contributed by atoms with Crippen LogP contribution < -0.4 is 5.32 Å². The molecule has 6 heteroatoms. The highest BCUT2D eigenvalue weighted by Gasteiger charge is 2.51. The van der Waals surface area contributed by atoms with Crippen LogP contribution in [-0.2, 0) is 14.7 Å². The van der Waals surface area contributed by atoms with Crippen LogP contribution in [0.15, 0.2) is 0 Å². The molecule has 0 bridgehead atoms. The van der Waals surface area contributed by atoms with Crippen molar-refractivity contribution in [1.82, 2.24) is 10.4 Å². The maximum atomic E-state index is 13.0. The van der Waals surface area contributed by atoms with Crippen molar-refractivity contribution < 1.29 is 19.8 Å². The van der Waals surface area contributed by atoms with Gasteiger partial charge in [0.2, 0.25) is 5.91 Å². The average Bonchev–Trinajstić information content (AvgIpc) is 2.96. The number of unbranched alkanes of at least 4 members (excludes halogenated alkanes) is 10. The van der Waals surface area contributed by atoms with Gasteiger partial charge in [-0.05, 0) is 59.8 Å². The average molecular weight is 456 g/mol. The summed E-state index contributed by atoms with van der Waals surface area (Å²) in [5.41, 5.74) is -1.62.